The number of likely N-dealkylation sites (tertiary alicyclic amines) is 1. The third-order valence-corrected chi connectivity index (χ3v) is 6.13. The fraction of sp³-hybridized carbons (Fsp3) is 0.476. The molecule has 142 valence electrons. The molecule has 0 bridgehead atoms. The lowest BCUT2D eigenvalue weighted by Crippen LogP contribution is -2.45. The Morgan fingerprint density at radius 3 is 2.56 bits per heavy atom. The molecule has 1 saturated heterocycles. The second-order valence-electron chi connectivity index (χ2n) is 7.82. The monoisotopic (exact) mass is 367 g/mol. The highest BCUT2D eigenvalue weighted by atomic mass is 16.5. The Morgan fingerprint density at radius 2 is 1.93 bits per heavy atom. The molecular weight excluding hydrogens is 342 g/mol. The van der Waals surface area contributed by atoms with Gasteiger partial charge in [-0.2, -0.15) is 0 Å². The van der Waals surface area contributed by atoms with Gasteiger partial charge in [-0.1, -0.05) is 29.4 Å². The first-order valence-electron chi connectivity index (χ1n) is 9.50. The largest absolute Gasteiger partial charge is 0.361 e. The van der Waals surface area contributed by atoms with Gasteiger partial charge in [0.2, 0.25) is 5.91 Å². The van der Waals surface area contributed by atoms with Gasteiger partial charge in [-0.15, -0.1) is 0 Å². The van der Waals surface area contributed by atoms with Crippen molar-refractivity contribution in [1.82, 2.24) is 15.4 Å². The SMILES string of the molecule is CC(=O)NC1CC2(CCN(C(=O)c3c(C)noc3C)CC2)c2ccccc21. The van der Waals surface area contributed by atoms with Gasteiger partial charge in [-0.25, -0.2) is 0 Å². The smallest absolute Gasteiger partial charge is 0.259 e. The summed E-state index contributed by atoms with van der Waals surface area (Å²) in [6.07, 6.45) is 2.70. The van der Waals surface area contributed by atoms with Gasteiger partial charge in [0, 0.05) is 25.4 Å². The zero-order valence-corrected chi connectivity index (χ0v) is 16.0. The lowest BCUT2D eigenvalue weighted by Gasteiger charge is -2.40. The highest BCUT2D eigenvalue weighted by Gasteiger charge is 2.46. The summed E-state index contributed by atoms with van der Waals surface area (Å²) in [6.45, 7) is 6.55. The zero-order chi connectivity index (χ0) is 19.2. The van der Waals surface area contributed by atoms with Gasteiger partial charge in [-0.3, -0.25) is 9.59 Å². The summed E-state index contributed by atoms with van der Waals surface area (Å²) in [5, 5.41) is 7.01. The summed E-state index contributed by atoms with van der Waals surface area (Å²) in [5.41, 5.74) is 3.81. The van der Waals surface area contributed by atoms with Crippen molar-refractivity contribution in [3.63, 3.8) is 0 Å². The van der Waals surface area contributed by atoms with Crippen molar-refractivity contribution in [2.75, 3.05) is 13.1 Å². The molecule has 1 unspecified atom stereocenters. The molecule has 0 saturated carbocycles. The quantitative estimate of drug-likeness (QED) is 0.885. The van der Waals surface area contributed by atoms with Gasteiger partial charge >= 0.3 is 0 Å². The Bertz CT molecular complexity index is 874. The van der Waals surface area contributed by atoms with Crippen LogP contribution in [-0.4, -0.2) is 35.0 Å². The van der Waals surface area contributed by atoms with E-state index >= 15 is 0 Å². The first kappa shape index (κ1) is 17.8. The van der Waals surface area contributed by atoms with Crippen molar-refractivity contribution in [3.05, 3.63) is 52.4 Å². The Kier molecular flexibility index (Phi) is 4.29. The van der Waals surface area contributed by atoms with Crippen molar-refractivity contribution in [2.24, 2.45) is 0 Å². The van der Waals surface area contributed by atoms with Crippen LogP contribution in [0.3, 0.4) is 0 Å². The number of aryl methyl sites for hydroxylation is 2. The molecule has 1 aliphatic heterocycles. The average Bonchev–Trinajstić information content (AvgIpc) is 3.13. The Labute approximate surface area is 158 Å². The molecule has 2 aliphatic rings. The zero-order valence-electron chi connectivity index (χ0n) is 16.0. The van der Waals surface area contributed by atoms with E-state index in [1.54, 1.807) is 20.8 Å². The van der Waals surface area contributed by atoms with E-state index in [0.717, 1.165) is 19.3 Å². The molecule has 1 N–H and O–H groups in total. The number of aromatic nitrogens is 1. The minimum absolute atomic E-state index is 0.00197. The van der Waals surface area contributed by atoms with Gasteiger partial charge in [0.05, 0.1) is 11.7 Å². The molecule has 1 atom stereocenters. The molecule has 6 nitrogen and oxygen atoms in total. The van der Waals surface area contributed by atoms with Crippen LogP contribution in [-0.2, 0) is 10.2 Å². The number of nitrogens with zero attached hydrogens (tertiary/aromatic N) is 2. The number of amides is 2. The summed E-state index contributed by atoms with van der Waals surface area (Å²) < 4.78 is 5.16. The third kappa shape index (κ3) is 2.93. The summed E-state index contributed by atoms with van der Waals surface area (Å²) in [4.78, 5) is 26.5. The lowest BCUT2D eigenvalue weighted by molar-refractivity contribution is -0.119. The summed E-state index contributed by atoms with van der Waals surface area (Å²) in [6, 6.07) is 8.46. The number of rotatable bonds is 2. The molecule has 4 rings (SSSR count). The maximum atomic E-state index is 12.9. The fourth-order valence-electron chi connectivity index (χ4n) is 4.83. The first-order chi connectivity index (χ1) is 12.9. The summed E-state index contributed by atoms with van der Waals surface area (Å²) in [7, 11) is 0. The molecule has 2 heterocycles. The van der Waals surface area contributed by atoms with Crippen molar-refractivity contribution in [2.45, 2.75) is 51.5 Å². The Hall–Kier alpha value is -2.63. The van der Waals surface area contributed by atoms with E-state index < -0.39 is 0 Å². The molecule has 1 spiro atoms. The topological polar surface area (TPSA) is 75.4 Å². The van der Waals surface area contributed by atoms with E-state index in [-0.39, 0.29) is 23.3 Å². The van der Waals surface area contributed by atoms with Crippen LogP contribution in [0.1, 0.15) is 65.2 Å². The maximum absolute atomic E-state index is 12.9. The van der Waals surface area contributed by atoms with Crippen molar-refractivity contribution < 1.29 is 14.1 Å². The number of hydrogen-bond acceptors (Lipinski definition) is 4. The number of benzene rings is 1. The number of nitrogens with one attached hydrogen (secondary N) is 1. The van der Waals surface area contributed by atoms with Crippen LogP contribution in [0.2, 0.25) is 0 Å². The van der Waals surface area contributed by atoms with Gasteiger partial charge in [0.1, 0.15) is 11.3 Å². The van der Waals surface area contributed by atoms with Crippen LogP contribution in [0, 0.1) is 13.8 Å². The first-order valence-corrected chi connectivity index (χ1v) is 9.50. The molecule has 1 fully saturated rings. The molecule has 2 aromatic rings. The molecule has 6 heteroatoms. The van der Waals surface area contributed by atoms with Gasteiger partial charge in [0.25, 0.3) is 5.91 Å². The number of hydrogen-bond donors (Lipinski definition) is 1. The predicted octanol–water partition coefficient (Wildman–Crippen LogP) is 3.05. The van der Waals surface area contributed by atoms with E-state index in [1.165, 1.54) is 11.1 Å². The van der Waals surface area contributed by atoms with Gasteiger partial charge in [0.15, 0.2) is 0 Å². The van der Waals surface area contributed by atoms with Crippen molar-refractivity contribution in [1.29, 1.82) is 0 Å². The van der Waals surface area contributed by atoms with E-state index in [4.69, 9.17) is 4.52 Å². The summed E-state index contributed by atoms with van der Waals surface area (Å²) in [5.74, 6) is 0.582. The number of carbonyl (C=O) groups is 2. The number of fused-ring (bicyclic) bond motifs is 2. The fourth-order valence-corrected chi connectivity index (χ4v) is 4.83. The second-order valence-corrected chi connectivity index (χ2v) is 7.82. The third-order valence-electron chi connectivity index (χ3n) is 6.13. The average molecular weight is 367 g/mol. The molecule has 2 amide bonds. The molecule has 1 aromatic carbocycles. The van der Waals surface area contributed by atoms with Crippen LogP contribution in [0.25, 0.3) is 0 Å². The lowest BCUT2D eigenvalue weighted by atomic mass is 9.73. The Morgan fingerprint density at radius 1 is 1.22 bits per heavy atom. The minimum Gasteiger partial charge on any atom is -0.361 e. The van der Waals surface area contributed by atoms with E-state index in [0.29, 0.717) is 30.1 Å². The minimum atomic E-state index is -0.00197. The second kappa shape index (κ2) is 6.51. The molecule has 27 heavy (non-hydrogen) atoms. The van der Waals surface area contributed by atoms with Crippen LogP contribution < -0.4 is 5.32 Å². The number of carbonyl (C=O) groups excluding carboxylic acids is 2. The van der Waals surface area contributed by atoms with Crippen LogP contribution in [0.15, 0.2) is 28.8 Å². The van der Waals surface area contributed by atoms with Crippen molar-refractivity contribution in [3.8, 4) is 0 Å². The highest BCUT2D eigenvalue weighted by Crippen LogP contribution is 2.50. The molecule has 0 radical (unpaired) electrons. The molecular formula is C21H25N3O3. The van der Waals surface area contributed by atoms with E-state index in [1.807, 2.05) is 11.0 Å². The number of piperidine rings is 1. The maximum Gasteiger partial charge on any atom is 0.259 e. The summed E-state index contributed by atoms with van der Waals surface area (Å²) >= 11 is 0. The van der Waals surface area contributed by atoms with Crippen LogP contribution in [0.5, 0.6) is 0 Å². The van der Waals surface area contributed by atoms with Gasteiger partial charge in [-0.05, 0) is 44.2 Å². The normalized spacial score (nSPS) is 20.6. The Balaban J connectivity index is 1.55. The van der Waals surface area contributed by atoms with Gasteiger partial charge < -0.3 is 14.7 Å². The highest BCUT2D eigenvalue weighted by molar-refractivity contribution is 5.96. The van der Waals surface area contributed by atoms with E-state index in [9.17, 15) is 9.59 Å². The molecule has 1 aliphatic carbocycles. The van der Waals surface area contributed by atoms with Crippen LogP contribution >= 0.6 is 0 Å². The predicted molar refractivity (Wildman–Crippen MR) is 100 cm³/mol. The van der Waals surface area contributed by atoms with Crippen LogP contribution in [0.4, 0.5) is 0 Å². The molecule has 1 aromatic heterocycles. The standard InChI is InChI=1S/C21H25N3O3/c1-13-19(14(2)27-23-13)20(26)24-10-8-21(9-11-24)12-18(22-15(3)25)16-6-4-5-7-17(16)21/h4-7,18H,8-12H2,1-3H3,(H,22,25). The van der Waals surface area contributed by atoms with E-state index in [2.05, 4.69) is 28.7 Å². The van der Waals surface area contributed by atoms with Crippen molar-refractivity contribution >= 4 is 11.8 Å².